The van der Waals surface area contributed by atoms with Crippen LogP contribution in [0.3, 0.4) is 0 Å². The van der Waals surface area contributed by atoms with Gasteiger partial charge in [-0.15, -0.1) is 0 Å². The fourth-order valence-electron chi connectivity index (χ4n) is 1.02. The predicted octanol–water partition coefficient (Wildman–Crippen LogP) is 0.254. The molecule has 0 aromatic carbocycles. The summed E-state index contributed by atoms with van der Waals surface area (Å²) in [7, 11) is -3.00. The smallest absolute Gasteiger partial charge is 0.208 e. The summed E-state index contributed by atoms with van der Waals surface area (Å²) in [6.07, 6.45) is 2.77. The maximum atomic E-state index is 10.6. The zero-order valence-electron chi connectivity index (χ0n) is 5.92. The van der Waals surface area contributed by atoms with Gasteiger partial charge in [0.2, 0.25) is 10.0 Å². The Bertz CT molecular complexity index is 234. The minimum absolute atomic E-state index is 0.113. The zero-order valence-corrected chi connectivity index (χ0v) is 6.74. The highest BCUT2D eigenvalue weighted by Gasteiger charge is 2.23. The minimum atomic E-state index is -3.00. The zero-order chi connectivity index (χ0) is 7.78. The molecule has 1 aliphatic rings. The maximum Gasteiger partial charge on any atom is 0.208 e. The molecule has 3 nitrogen and oxygen atoms in total. The molecule has 0 unspecified atom stereocenters. The van der Waals surface area contributed by atoms with Gasteiger partial charge in [-0.25, -0.2) is 13.1 Å². The van der Waals surface area contributed by atoms with Crippen LogP contribution < -0.4 is 4.72 Å². The maximum absolute atomic E-state index is 10.6. The second-order valence-corrected chi connectivity index (χ2v) is 4.53. The van der Waals surface area contributed by atoms with E-state index in [0.717, 1.165) is 18.4 Å². The highest BCUT2D eigenvalue weighted by Crippen LogP contribution is 2.24. The summed E-state index contributed by atoms with van der Waals surface area (Å²) in [6.45, 7) is 3.71. The Kier molecular flexibility index (Phi) is 1.83. The van der Waals surface area contributed by atoms with Crippen molar-refractivity contribution in [2.45, 2.75) is 18.9 Å². The summed E-state index contributed by atoms with van der Waals surface area (Å²) in [5.74, 6) is 0. The lowest BCUT2D eigenvalue weighted by atomic mass is 9.89. The summed E-state index contributed by atoms with van der Waals surface area (Å²) >= 11 is 0. The Hall–Kier alpha value is -0.350. The first-order valence-corrected chi connectivity index (χ1v) is 5.00. The first kappa shape index (κ1) is 7.75. The van der Waals surface area contributed by atoms with Crippen LogP contribution >= 0.6 is 0 Å². The van der Waals surface area contributed by atoms with Crippen LogP contribution in [0, 0.1) is 0 Å². The van der Waals surface area contributed by atoms with Crippen LogP contribution in [0.15, 0.2) is 12.2 Å². The Morgan fingerprint density at radius 3 is 2.40 bits per heavy atom. The van der Waals surface area contributed by atoms with Gasteiger partial charge in [-0.05, 0) is 12.8 Å². The highest BCUT2D eigenvalue weighted by molar-refractivity contribution is 7.88. The topological polar surface area (TPSA) is 46.2 Å². The second-order valence-electron chi connectivity index (χ2n) is 2.75. The van der Waals surface area contributed by atoms with Gasteiger partial charge < -0.3 is 0 Å². The molecule has 0 aliphatic heterocycles. The lowest BCUT2D eigenvalue weighted by Crippen LogP contribution is -2.39. The molecule has 10 heavy (non-hydrogen) atoms. The van der Waals surface area contributed by atoms with Crippen LogP contribution in [0.2, 0.25) is 0 Å². The molecule has 58 valence electrons. The third kappa shape index (κ3) is 2.11. The molecule has 0 aromatic heterocycles. The number of nitrogens with one attached hydrogen (secondary N) is 1. The van der Waals surface area contributed by atoms with Crippen molar-refractivity contribution < 1.29 is 8.42 Å². The molecule has 0 saturated heterocycles. The standard InChI is InChI=1S/C6H11NO2S/c1-5-3-6(4-5)7-10(2,8)9/h6-7H,1,3-4H2,2H3. The molecule has 0 radical (unpaired) electrons. The quantitative estimate of drug-likeness (QED) is 0.590. The van der Waals surface area contributed by atoms with Gasteiger partial charge in [-0.2, -0.15) is 0 Å². The molecule has 1 saturated carbocycles. The Morgan fingerprint density at radius 2 is 2.10 bits per heavy atom. The fourth-order valence-corrected chi connectivity index (χ4v) is 1.80. The lowest BCUT2D eigenvalue weighted by molar-refractivity contribution is 0.485. The number of hydrogen-bond acceptors (Lipinski definition) is 2. The van der Waals surface area contributed by atoms with Crippen LogP contribution in [0.1, 0.15) is 12.8 Å². The van der Waals surface area contributed by atoms with E-state index in [1.54, 1.807) is 0 Å². The van der Waals surface area contributed by atoms with Crippen LogP contribution in [-0.4, -0.2) is 20.7 Å². The van der Waals surface area contributed by atoms with Gasteiger partial charge in [-0.3, -0.25) is 0 Å². The molecule has 1 fully saturated rings. The van der Waals surface area contributed by atoms with Gasteiger partial charge in [0.1, 0.15) is 0 Å². The number of rotatable bonds is 2. The van der Waals surface area contributed by atoms with Gasteiger partial charge in [0, 0.05) is 6.04 Å². The van der Waals surface area contributed by atoms with E-state index < -0.39 is 10.0 Å². The molecule has 0 amide bonds. The molecule has 1 rings (SSSR count). The van der Waals surface area contributed by atoms with Gasteiger partial charge >= 0.3 is 0 Å². The van der Waals surface area contributed by atoms with Crippen molar-refractivity contribution in [3.63, 3.8) is 0 Å². The summed E-state index contributed by atoms with van der Waals surface area (Å²) in [5, 5.41) is 0. The summed E-state index contributed by atoms with van der Waals surface area (Å²) < 4.78 is 23.7. The molecule has 0 bridgehead atoms. The van der Waals surface area contributed by atoms with Crippen molar-refractivity contribution >= 4 is 10.0 Å². The lowest BCUT2D eigenvalue weighted by Gasteiger charge is -2.27. The number of hydrogen-bond donors (Lipinski definition) is 1. The van der Waals surface area contributed by atoms with E-state index in [1.807, 2.05) is 0 Å². The van der Waals surface area contributed by atoms with Crippen molar-refractivity contribution in [2.24, 2.45) is 0 Å². The van der Waals surface area contributed by atoms with E-state index in [0.29, 0.717) is 0 Å². The molecule has 0 spiro atoms. The van der Waals surface area contributed by atoms with E-state index in [2.05, 4.69) is 11.3 Å². The summed E-state index contributed by atoms with van der Waals surface area (Å²) in [5.41, 5.74) is 1.13. The molecule has 0 heterocycles. The summed E-state index contributed by atoms with van der Waals surface area (Å²) in [4.78, 5) is 0. The average Bonchev–Trinajstić information content (AvgIpc) is 1.57. The fraction of sp³-hybridized carbons (Fsp3) is 0.667. The van der Waals surface area contributed by atoms with Crippen LogP contribution in [0.5, 0.6) is 0 Å². The highest BCUT2D eigenvalue weighted by atomic mass is 32.2. The van der Waals surface area contributed by atoms with Gasteiger partial charge in [0.25, 0.3) is 0 Å². The molecule has 4 heteroatoms. The van der Waals surface area contributed by atoms with Crippen molar-refractivity contribution in [2.75, 3.05) is 6.26 Å². The van der Waals surface area contributed by atoms with Crippen molar-refractivity contribution in [1.29, 1.82) is 0 Å². The second kappa shape index (κ2) is 2.36. The average molecular weight is 161 g/mol. The van der Waals surface area contributed by atoms with E-state index in [9.17, 15) is 8.42 Å². The monoisotopic (exact) mass is 161 g/mol. The van der Waals surface area contributed by atoms with Crippen molar-refractivity contribution in [3.05, 3.63) is 12.2 Å². The largest absolute Gasteiger partial charge is 0.213 e. The third-order valence-corrected chi connectivity index (χ3v) is 2.21. The van der Waals surface area contributed by atoms with E-state index in [1.165, 1.54) is 6.26 Å². The molecule has 0 aromatic rings. The molecule has 0 atom stereocenters. The Morgan fingerprint density at radius 1 is 1.60 bits per heavy atom. The normalized spacial score (nSPS) is 20.7. The number of sulfonamides is 1. The predicted molar refractivity (Wildman–Crippen MR) is 40.1 cm³/mol. The van der Waals surface area contributed by atoms with Crippen molar-refractivity contribution in [3.8, 4) is 0 Å². The van der Waals surface area contributed by atoms with E-state index in [4.69, 9.17) is 0 Å². The Balaban J connectivity index is 2.36. The minimum Gasteiger partial charge on any atom is -0.213 e. The Labute approximate surface area is 61.2 Å². The van der Waals surface area contributed by atoms with Crippen LogP contribution in [0.4, 0.5) is 0 Å². The van der Waals surface area contributed by atoms with Gasteiger partial charge in [-0.1, -0.05) is 12.2 Å². The third-order valence-electron chi connectivity index (χ3n) is 1.45. The van der Waals surface area contributed by atoms with E-state index >= 15 is 0 Å². The summed E-state index contributed by atoms with van der Waals surface area (Å²) in [6, 6.07) is 0.113. The van der Waals surface area contributed by atoms with Gasteiger partial charge in [0.15, 0.2) is 0 Å². The molecular formula is C6H11NO2S. The molecule has 1 N–H and O–H groups in total. The first-order chi connectivity index (χ1) is 4.47. The molecular weight excluding hydrogens is 150 g/mol. The van der Waals surface area contributed by atoms with Crippen molar-refractivity contribution in [1.82, 2.24) is 4.72 Å². The first-order valence-electron chi connectivity index (χ1n) is 3.11. The molecule has 1 aliphatic carbocycles. The van der Waals surface area contributed by atoms with E-state index in [-0.39, 0.29) is 6.04 Å². The van der Waals surface area contributed by atoms with Gasteiger partial charge in [0.05, 0.1) is 6.26 Å². The van der Waals surface area contributed by atoms with Crippen LogP contribution in [-0.2, 0) is 10.0 Å². The van der Waals surface area contributed by atoms with Crippen LogP contribution in [0.25, 0.3) is 0 Å². The SMILES string of the molecule is C=C1CC(NS(C)(=O)=O)C1.